The summed E-state index contributed by atoms with van der Waals surface area (Å²) in [6.07, 6.45) is 1.73. The van der Waals surface area contributed by atoms with Crippen molar-refractivity contribution in [1.82, 2.24) is 24.6 Å². The number of ether oxygens (including phenoxy) is 1. The average molecular weight is 339 g/mol. The molecule has 1 aliphatic rings. The molecule has 1 aliphatic heterocycles. The Morgan fingerprint density at radius 1 is 0.960 bits per heavy atom. The first-order chi connectivity index (χ1) is 12.2. The van der Waals surface area contributed by atoms with Crippen LogP contribution < -0.4 is 14.5 Å². The molecule has 0 aliphatic carbocycles. The molecule has 4 rings (SSSR count). The van der Waals surface area contributed by atoms with Gasteiger partial charge in [0.15, 0.2) is 5.65 Å². The lowest BCUT2D eigenvalue weighted by Gasteiger charge is -2.35. The number of nitrogens with zero attached hydrogens (tertiary/aromatic N) is 7. The SMILES string of the molecule is COc1ccnc(N2CCN(c3ccc4nc(C)c(C)n4n3)CC2)n1. The lowest BCUT2D eigenvalue weighted by Crippen LogP contribution is -2.47. The lowest BCUT2D eigenvalue weighted by atomic mass is 10.3. The van der Waals surface area contributed by atoms with Crippen molar-refractivity contribution in [2.45, 2.75) is 13.8 Å². The number of anilines is 2. The molecule has 0 amide bonds. The summed E-state index contributed by atoms with van der Waals surface area (Å²) >= 11 is 0. The van der Waals surface area contributed by atoms with Gasteiger partial charge in [-0.2, -0.15) is 4.98 Å². The van der Waals surface area contributed by atoms with Gasteiger partial charge in [-0.15, -0.1) is 5.10 Å². The Kier molecular flexibility index (Phi) is 3.87. The average Bonchev–Trinajstić information content (AvgIpc) is 2.95. The van der Waals surface area contributed by atoms with Crippen LogP contribution in [-0.2, 0) is 0 Å². The molecule has 0 saturated carbocycles. The van der Waals surface area contributed by atoms with Crippen LogP contribution >= 0.6 is 0 Å². The summed E-state index contributed by atoms with van der Waals surface area (Å²) in [4.78, 5) is 17.7. The van der Waals surface area contributed by atoms with Crippen LogP contribution in [-0.4, -0.2) is 57.9 Å². The molecule has 1 fully saturated rings. The largest absolute Gasteiger partial charge is 0.481 e. The van der Waals surface area contributed by atoms with Gasteiger partial charge >= 0.3 is 0 Å². The summed E-state index contributed by atoms with van der Waals surface area (Å²) < 4.78 is 7.10. The fourth-order valence-corrected chi connectivity index (χ4v) is 3.05. The highest BCUT2D eigenvalue weighted by molar-refractivity contribution is 5.49. The third-order valence-electron chi connectivity index (χ3n) is 4.64. The molecule has 3 aromatic rings. The molecule has 0 unspecified atom stereocenters. The Balaban J connectivity index is 1.50. The molecule has 0 atom stereocenters. The zero-order valence-corrected chi connectivity index (χ0v) is 14.7. The smallest absolute Gasteiger partial charge is 0.228 e. The van der Waals surface area contributed by atoms with Gasteiger partial charge < -0.3 is 14.5 Å². The molecular weight excluding hydrogens is 318 g/mol. The van der Waals surface area contributed by atoms with Crippen molar-refractivity contribution < 1.29 is 4.74 Å². The third kappa shape index (κ3) is 2.84. The predicted molar refractivity (Wildman–Crippen MR) is 95.5 cm³/mol. The Morgan fingerprint density at radius 3 is 2.48 bits per heavy atom. The molecular formula is C17H21N7O. The maximum Gasteiger partial charge on any atom is 0.228 e. The molecule has 8 heteroatoms. The molecule has 4 heterocycles. The summed E-state index contributed by atoms with van der Waals surface area (Å²) in [7, 11) is 1.62. The molecule has 130 valence electrons. The summed E-state index contributed by atoms with van der Waals surface area (Å²) in [5.41, 5.74) is 2.99. The number of fused-ring (bicyclic) bond motifs is 1. The van der Waals surface area contributed by atoms with Crippen molar-refractivity contribution >= 4 is 17.4 Å². The molecule has 0 radical (unpaired) electrons. The van der Waals surface area contributed by atoms with Gasteiger partial charge in [0.1, 0.15) is 5.82 Å². The van der Waals surface area contributed by atoms with Crippen molar-refractivity contribution in [3.05, 3.63) is 35.8 Å². The van der Waals surface area contributed by atoms with Crippen molar-refractivity contribution in [3.8, 4) is 5.88 Å². The van der Waals surface area contributed by atoms with Crippen LogP contribution in [0.5, 0.6) is 5.88 Å². The van der Waals surface area contributed by atoms with Crippen molar-refractivity contribution in [2.24, 2.45) is 0 Å². The highest BCUT2D eigenvalue weighted by atomic mass is 16.5. The van der Waals surface area contributed by atoms with E-state index >= 15 is 0 Å². The fraction of sp³-hybridized carbons (Fsp3) is 0.412. The Bertz CT molecular complexity index is 899. The van der Waals surface area contributed by atoms with E-state index in [-0.39, 0.29) is 0 Å². The third-order valence-corrected chi connectivity index (χ3v) is 4.64. The van der Waals surface area contributed by atoms with Gasteiger partial charge in [-0.3, -0.25) is 0 Å². The number of aromatic nitrogens is 5. The van der Waals surface area contributed by atoms with Gasteiger partial charge in [-0.1, -0.05) is 0 Å². The van der Waals surface area contributed by atoms with E-state index in [1.165, 1.54) is 0 Å². The highest BCUT2D eigenvalue weighted by Crippen LogP contribution is 2.19. The van der Waals surface area contributed by atoms with Gasteiger partial charge in [0.05, 0.1) is 18.5 Å². The first kappa shape index (κ1) is 15.6. The second kappa shape index (κ2) is 6.19. The molecule has 0 spiro atoms. The molecule has 8 nitrogen and oxygen atoms in total. The van der Waals surface area contributed by atoms with Crippen LogP contribution in [0.3, 0.4) is 0 Å². The van der Waals surface area contributed by atoms with Gasteiger partial charge in [-0.25, -0.2) is 14.5 Å². The number of piperazine rings is 1. The van der Waals surface area contributed by atoms with E-state index in [1.54, 1.807) is 19.4 Å². The minimum Gasteiger partial charge on any atom is -0.481 e. The normalized spacial score (nSPS) is 15.0. The number of rotatable bonds is 3. The van der Waals surface area contributed by atoms with E-state index in [1.807, 2.05) is 30.5 Å². The topological polar surface area (TPSA) is 71.7 Å². The molecule has 1 saturated heterocycles. The summed E-state index contributed by atoms with van der Waals surface area (Å²) in [6.45, 7) is 7.47. The van der Waals surface area contributed by atoms with Crippen LogP contribution in [0.15, 0.2) is 24.4 Å². The fourth-order valence-electron chi connectivity index (χ4n) is 3.05. The first-order valence-electron chi connectivity index (χ1n) is 8.35. The zero-order chi connectivity index (χ0) is 17.4. The molecule has 25 heavy (non-hydrogen) atoms. The van der Waals surface area contributed by atoms with E-state index in [2.05, 4.69) is 24.8 Å². The lowest BCUT2D eigenvalue weighted by molar-refractivity contribution is 0.396. The quantitative estimate of drug-likeness (QED) is 0.715. The maximum absolute atomic E-state index is 5.18. The summed E-state index contributed by atoms with van der Waals surface area (Å²) in [5.74, 6) is 2.27. The van der Waals surface area contributed by atoms with Crippen LogP contribution in [0.4, 0.5) is 11.8 Å². The number of hydrogen-bond donors (Lipinski definition) is 0. The first-order valence-corrected chi connectivity index (χ1v) is 8.35. The molecule has 0 bridgehead atoms. The van der Waals surface area contributed by atoms with Gasteiger partial charge in [-0.05, 0) is 26.0 Å². The zero-order valence-electron chi connectivity index (χ0n) is 14.7. The second-order valence-electron chi connectivity index (χ2n) is 6.12. The van der Waals surface area contributed by atoms with Gasteiger partial charge in [0, 0.05) is 38.4 Å². The number of methoxy groups -OCH3 is 1. The van der Waals surface area contributed by atoms with Crippen LogP contribution in [0.1, 0.15) is 11.4 Å². The van der Waals surface area contributed by atoms with E-state index in [0.29, 0.717) is 11.8 Å². The molecule has 3 aromatic heterocycles. The monoisotopic (exact) mass is 339 g/mol. The number of hydrogen-bond acceptors (Lipinski definition) is 7. The standard InChI is InChI=1S/C17H21N7O/c1-12-13(2)24-14(19-12)4-5-15(21-24)22-8-10-23(11-9-22)17-18-7-6-16(20-17)25-3/h4-7H,8-11H2,1-3H3. The summed E-state index contributed by atoms with van der Waals surface area (Å²) in [6, 6.07) is 5.83. The Labute approximate surface area is 146 Å². The van der Waals surface area contributed by atoms with Crippen molar-refractivity contribution in [3.63, 3.8) is 0 Å². The second-order valence-corrected chi connectivity index (χ2v) is 6.12. The Morgan fingerprint density at radius 2 is 1.72 bits per heavy atom. The molecule has 0 N–H and O–H groups in total. The van der Waals surface area contributed by atoms with Crippen molar-refractivity contribution in [1.29, 1.82) is 0 Å². The van der Waals surface area contributed by atoms with E-state index in [0.717, 1.165) is 49.0 Å². The predicted octanol–water partition coefficient (Wildman–Crippen LogP) is 1.47. The number of imidazole rings is 1. The highest BCUT2D eigenvalue weighted by Gasteiger charge is 2.21. The van der Waals surface area contributed by atoms with Gasteiger partial charge in [0.25, 0.3) is 0 Å². The van der Waals surface area contributed by atoms with E-state index in [4.69, 9.17) is 9.84 Å². The Hall–Kier alpha value is -2.90. The van der Waals surface area contributed by atoms with E-state index in [9.17, 15) is 0 Å². The van der Waals surface area contributed by atoms with Crippen LogP contribution in [0.2, 0.25) is 0 Å². The number of aryl methyl sites for hydroxylation is 2. The molecule has 0 aromatic carbocycles. The van der Waals surface area contributed by atoms with Gasteiger partial charge in [0.2, 0.25) is 11.8 Å². The minimum absolute atomic E-state index is 0.588. The maximum atomic E-state index is 5.18. The summed E-state index contributed by atoms with van der Waals surface area (Å²) in [5, 5.41) is 4.75. The van der Waals surface area contributed by atoms with Crippen LogP contribution in [0, 0.1) is 13.8 Å². The minimum atomic E-state index is 0.588. The van der Waals surface area contributed by atoms with Crippen LogP contribution in [0.25, 0.3) is 5.65 Å². The van der Waals surface area contributed by atoms with E-state index < -0.39 is 0 Å². The van der Waals surface area contributed by atoms with Crippen molar-refractivity contribution in [2.75, 3.05) is 43.1 Å².